The second kappa shape index (κ2) is 5.95. The molecule has 0 aliphatic carbocycles. The summed E-state index contributed by atoms with van der Waals surface area (Å²) in [5.74, 6) is 1.40. The van der Waals surface area contributed by atoms with E-state index in [1.54, 1.807) is 17.4 Å². The lowest BCUT2D eigenvalue weighted by Crippen LogP contribution is -1.99. The van der Waals surface area contributed by atoms with Crippen LogP contribution in [0.1, 0.15) is 25.2 Å². The molecule has 1 aromatic carbocycles. The quantitative estimate of drug-likeness (QED) is 0.714. The fourth-order valence-electron chi connectivity index (χ4n) is 2.04. The molecule has 0 fully saturated rings. The van der Waals surface area contributed by atoms with E-state index in [-0.39, 0.29) is 0 Å². The summed E-state index contributed by atoms with van der Waals surface area (Å²) in [7, 11) is 0. The Kier molecular flexibility index (Phi) is 4.03. The lowest BCUT2D eigenvalue weighted by Gasteiger charge is -2.03. The van der Waals surface area contributed by atoms with Crippen molar-refractivity contribution in [2.45, 2.75) is 26.7 Å². The van der Waals surface area contributed by atoms with E-state index in [1.165, 1.54) is 10.3 Å². The molecule has 1 N–H and O–H groups in total. The molecule has 6 heteroatoms. The number of fused-ring (bicyclic) bond motifs is 1. The van der Waals surface area contributed by atoms with Crippen LogP contribution in [-0.4, -0.2) is 15.0 Å². The summed E-state index contributed by atoms with van der Waals surface area (Å²) in [6.45, 7) is 4.15. The van der Waals surface area contributed by atoms with Crippen LogP contribution in [0, 0.1) is 0 Å². The monoisotopic (exact) mass is 318 g/mol. The number of nitrogens with zero attached hydrogens (tertiary/aromatic N) is 3. The summed E-state index contributed by atoms with van der Waals surface area (Å²) in [4.78, 5) is 13.1. The number of hydrogen-bond donors (Lipinski definition) is 1. The van der Waals surface area contributed by atoms with Gasteiger partial charge in [0, 0.05) is 12.5 Å². The largest absolute Gasteiger partial charge is 0.316 e. The lowest BCUT2D eigenvalue weighted by molar-refractivity contribution is 0.943. The van der Waals surface area contributed by atoms with Crippen LogP contribution < -0.4 is 5.32 Å². The van der Waals surface area contributed by atoms with E-state index < -0.39 is 0 Å². The Labute approximate surface area is 132 Å². The minimum Gasteiger partial charge on any atom is -0.316 e. The van der Waals surface area contributed by atoms with Crippen molar-refractivity contribution < 1.29 is 0 Å². The Morgan fingerprint density at radius 3 is 2.71 bits per heavy atom. The van der Waals surface area contributed by atoms with Gasteiger partial charge in [-0.15, -0.1) is 0 Å². The Hall–Kier alpha value is -1.72. The van der Waals surface area contributed by atoms with Crippen molar-refractivity contribution in [2.75, 3.05) is 5.32 Å². The minimum atomic E-state index is 0.443. The highest BCUT2D eigenvalue weighted by molar-refractivity contribution is 7.22. The molecule has 0 amide bonds. The van der Waals surface area contributed by atoms with Gasteiger partial charge in [-0.2, -0.15) is 0 Å². The number of anilines is 2. The van der Waals surface area contributed by atoms with Gasteiger partial charge in [-0.25, -0.2) is 15.0 Å². The summed E-state index contributed by atoms with van der Waals surface area (Å²) in [6, 6.07) is 8.07. The summed E-state index contributed by atoms with van der Waals surface area (Å²) < 4.78 is 1.17. The second-order valence-electron chi connectivity index (χ2n) is 4.65. The first-order chi connectivity index (χ1) is 10.2. The van der Waals surface area contributed by atoms with Crippen LogP contribution in [0.5, 0.6) is 0 Å². The van der Waals surface area contributed by atoms with Crippen molar-refractivity contribution in [2.24, 2.45) is 0 Å². The van der Waals surface area contributed by atoms with Gasteiger partial charge in [-0.1, -0.05) is 42.9 Å². The van der Waals surface area contributed by atoms with E-state index in [1.807, 2.05) is 6.92 Å². The Morgan fingerprint density at radius 2 is 1.95 bits per heavy atom. The predicted molar refractivity (Wildman–Crippen MR) is 88.7 cm³/mol. The van der Waals surface area contributed by atoms with Crippen LogP contribution in [0.2, 0.25) is 5.15 Å². The van der Waals surface area contributed by atoms with Gasteiger partial charge in [-0.05, 0) is 24.1 Å². The molecule has 4 nitrogen and oxygen atoms in total. The molecular weight excluding hydrogens is 304 g/mol. The van der Waals surface area contributed by atoms with Crippen molar-refractivity contribution in [3.63, 3.8) is 0 Å². The van der Waals surface area contributed by atoms with Gasteiger partial charge in [0.1, 0.15) is 16.8 Å². The van der Waals surface area contributed by atoms with Crippen molar-refractivity contribution in [3.05, 3.63) is 40.8 Å². The van der Waals surface area contributed by atoms with E-state index >= 15 is 0 Å². The molecule has 0 aliphatic rings. The number of aryl methyl sites for hydroxylation is 2. The summed E-state index contributed by atoms with van der Waals surface area (Å²) in [5, 5.41) is 4.48. The van der Waals surface area contributed by atoms with Gasteiger partial charge in [0.25, 0.3) is 0 Å². The van der Waals surface area contributed by atoms with Gasteiger partial charge in [0.2, 0.25) is 0 Å². The summed E-state index contributed by atoms with van der Waals surface area (Å²) >= 11 is 7.62. The highest BCUT2D eigenvalue weighted by atomic mass is 35.5. The molecule has 2 heterocycles. The fourth-order valence-corrected chi connectivity index (χ4v) is 3.18. The van der Waals surface area contributed by atoms with E-state index in [2.05, 4.69) is 45.4 Å². The molecule has 0 spiro atoms. The Bertz CT molecular complexity index is 784. The number of rotatable bonds is 4. The maximum atomic E-state index is 6.01. The number of halogens is 1. The van der Waals surface area contributed by atoms with E-state index in [4.69, 9.17) is 11.6 Å². The maximum absolute atomic E-state index is 6.01. The van der Waals surface area contributed by atoms with E-state index in [0.717, 1.165) is 29.3 Å². The maximum Gasteiger partial charge on any atom is 0.189 e. The number of aromatic nitrogens is 3. The van der Waals surface area contributed by atoms with Gasteiger partial charge >= 0.3 is 0 Å². The first-order valence-electron chi connectivity index (χ1n) is 6.88. The molecule has 3 rings (SSSR count). The smallest absolute Gasteiger partial charge is 0.189 e. The van der Waals surface area contributed by atoms with Crippen LogP contribution in [0.3, 0.4) is 0 Å². The van der Waals surface area contributed by atoms with Crippen molar-refractivity contribution in [1.82, 2.24) is 15.0 Å². The first kappa shape index (κ1) is 14.2. The third-order valence-electron chi connectivity index (χ3n) is 3.15. The molecule has 0 saturated carbocycles. The lowest BCUT2D eigenvalue weighted by atomic mass is 10.2. The third kappa shape index (κ3) is 3.14. The van der Waals surface area contributed by atoms with Crippen molar-refractivity contribution >= 4 is 44.1 Å². The first-order valence-corrected chi connectivity index (χ1v) is 8.07. The third-order valence-corrected chi connectivity index (χ3v) is 4.28. The van der Waals surface area contributed by atoms with Crippen molar-refractivity contribution in [3.8, 4) is 0 Å². The predicted octanol–water partition coefficient (Wildman–Crippen LogP) is 4.61. The molecule has 0 aliphatic heterocycles. The van der Waals surface area contributed by atoms with Gasteiger partial charge in [0.05, 0.1) is 10.2 Å². The highest BCUT2D eigenvalue weighted by Gasteiger charge is 2.07. The molecule has 21 heavy (non-hydrogen) atoms. The molecule has 0 atom stereocenters. The average Bonchev–Trinajstić information content (AvgIpc) is 2.87. The van der Waals surface area contributed by atoms with Gasteiger partial charge < -0.3 is 5.32 Å². The fraction of sp³-hybridized carbons (Fsp3) is 0.267. The number of hydrogen-bond acceptors (Lipinski definition) is 5. The van der Waals surface area contributed by atoms with Crippen LogP contribution in [-0.2, 0) is 12.8 Å². The second-order valence-corrected chi connectivity index (χ2v) is 6.06. The molecule has 0 bridgehead atoms. The zero-order chi connectivity index (χ0) is 14.8. The van der Waals surface area contributed by atoms with Gasteiger partial charge in [-0.3, -0.25) is 0 Å². The Morgan fingerprint density at radius 1 is 1.10 bits per heavy atom. The SMILES string of the molecule is CCc1ccc2nc(Nc3cc(Cl)nc(CC)n3)sc2c1. The van der Waals surface area contributed by atoms with E-state index in [0.29, 0.717) is 11.0 Å². The highest BCUT2D eigenvalue weighted by Crippen LogP contribution is 2.29. The van der Waals surface area contributed by atoms with Crippen LogP contribution in [0.4, 0.5) is 10.9 Å². The molecule has 0 unspecified atom stereocenters. The average molecular weight is 319 g/mol. The summed E-state index contributed by atoms with van der Waals surface area (Å²) in [6.07, 6.45) is 1.77. The topological polar surface area (TPSA) is 50.7 Å². The molecule has 0 saturated heterocycles. The van der Waals surface area contributed by atoms with Crippen molar-refractivity contribution in [1.29, 1.82) is 0 Å². The number of nitrogens with one attached hydrogen (secondary N) is 1. The zero-order valence-electron chi connectivity index (χ0n) is 11.9. The Balaban J connectivity index is 1.92. The normalized spacial score (nSPS) is 11.0. The zero-order valence-corrected chi connectivity index (χ0v) is 13.4. The number of thiazole rings is 1. The van der Waals surface area contributed by atoms with Gasteiger partial charge in [0.15, 0.2) is 5.13 Å². The molecule has 3 aromatic rings. The standard InChI is InChI=1S/C15H15ClN4S/c1-3-9-5-6-10-11(7-9)21-15(17-10)20-14-8-12(16)18-13(4-2)19-14/h5-8H,3-4H2,1-2H3,(H,17,18,19,20). The minimum absolute atomic E-state index is 0.443. The summed E-state index contributed by atoms with van der Waals surface area (Å²) in [5.41, 5.74) is 2.31. The van der Waals surface area contributed by atoms with Crippen LogP contribution in [0.25, 0.3) is 10.2 Å². The van der Waals surface area contributed by atoms with Crippen LogP contribution >= 0.6 is 22.9 Å². The molecule has 108 valence electrons. The molecular formula is C15H15ClN4S. The van der Waals surface area contributed by atoms with Crippen LogP contribution in [0.15, 0.2) is 24.3 Å². The molecule has 0 radical (unpaired) electrons. The van der Waals surface area contributed by atoms with E-state index in [9.17, 15) is 0 Å². The number of benzene rings is 1. The molecule has 2 aromatic heterocycles.